The monoisotopic (exact) mass is 263 g/mol. The molecule has 0 radical (unpaired) electrons. The van der Waals surface area contributed by atoms with Gasteiger partial charge in [0.2, 0.25) is 0 Å². The number of nitrogens with zero attached hydrogens (tertiary/aromatic N) is 1. The Morgan fingerprint density at radius 2 is 1.70 bits per heavy atom. The van der Waals surface area contributed by atoms with Gasteiger partial charge in [-0.1, -0.05) is 13.0 Å². The van der Waals surface area contributed by atoms with E-state index in [0.717, 1.165) is 5.69 Å². The van der Waals surface area contributed by atoms with Crippen LogP contribution in [0.4, 0.5) is 0 Å². The second kappa shape index (κ2) is 4.44. The molecule has 0 spiro atoms. The van der Waals surface area contributed by atoms with Crippen LogP contribution in [0.15, 0.2) is 36.5 Å². The van der Waals surface area contributed by atoms with Crippen LogP contribution in [0.3, 0.4) is 0 Å². The van der Waals surface area contributed by atoms with E-state index in [1.807, 2.05) is 12.3 Å². The molecule has 2 aliphatic rings. The SMILES string of the molecule is CC12CCCc3cc(-c4ccccn4)cc(c31)CCC2. The van der Waals surface area contributed by atoms with Crippen LogP contribution in [-0.2, 0) is 18.3 Å². The summed E-state index contributed by atoms with van der Waals surface area (Å²) in [5, 5.41) is 0. The topological polar surface area (TPSA) is 12.9 Å². The molecule has 1 aromatic carbocycles. The van der Waals surface area contributed by atoms with Gasteiger partial charge in [0, 0.05) is 11.8 Å². The fourth-order valence-corrected chi connectivity index (χ4v) is 4.33. The summed E-state index contributed by atoms with van der Waals surface area (Å²) in [6.07, 6.45) is 9.82. The van der Waals surface area contributed by atoms with Gasteiger partial charge in [0.1, 0.15) is 0 Å². The highest BCUT2D eigenvalue weighted by Gasteiger charge is 2.36. The Bertz CT molecular complexity index is 611. The van der Waals surface area contributed by atoms with Crippen molar-refractivity contribution in [3.63, 3.8) is 0 Å². The van der Waals surface area contributed by atoms with Gasteiger partial charge in [-0.05, 0) is 84.9 Å². The van der Waals surface area contributed by atoms with Crippen molar-refractivity contribution in [1.29, 1.82) is 0 Å². The maximum absolute atomic E-state index is 4.53. The van der Waals surface area contributed by atoms with Gasteiger partial charge >= 0.3 is 0 Å². The van der Waals surface area contributed by atoms with Crippen molar-refractivity contribution in [3.05, 3.63) is 53.2 Å². The van der Waals surface area contributed by atoms with Crippen LogP contribution < -0.4 is 0 Å². The standard InChI is InChI=1S/C19H21N/c1-19-9-4-6-14-12-16(17-8-2-3-11-20-17)13-15(18(14)19)7-5-10-19/h2-3,8,11-13H,4-7,9-10H2,1H3. The zero-order valence-corrected chi connectivity index (χ0v) is 12.2. The van der Waals surface area contributed by atoms with E-state index in [1.165, 1.54) is 44.1 Å². The van der Waals surface area contributed by atoms with Gasteiger partial charge in [-0.25, -0.2) is 0 Å². The molecule has 0 saturated carbocycles. The predicted molar refractivity (Wildman–Crippen MR) is 82.9 cm³/mol. The fourth-order valence-electron chi connectivity index (χ4n) is 4.33. The largest absolute Gasteiger partial charge is 0.256 e. The van der Waals surface area contributed by atoms with Crippen molar-refractivity contribution in [2.45, 2.75) is 50.9 Å². The molecular weight excluding hydrogens is 242 g/mol. The maximum atomic E-state index is 4.53. The molecule has 0 fully saturated rings. The molecule has 0 N–H and O–H groups in total. The summed E-state index contributed by atoms with van der Waals surface area (Å²) >= 11 is 0. The molecule has 0 unspecified atom stereocenters. The molecule has 0 atom stereocenters. The van der Waals surface area contributed by atoms with E-state index in [2.05, 4.69) is 36.2 Å². The second-order valence-electron chi connectivity index (χ2n) is 6.65. The Kier molecular flexibility index (Phi) is 2.70. The number of aryl methyl sites for hydroxylation is 2. The summed E-state index contributed by atoms with van der Waals surface area (Å²) in [5.41, 5.74) is 7.75. The smallest absolute Gasteiger partial charge is 0.0702 e. The van der Waals surface area contributed by atoms with E-state index in [9.17, 15) is 0 Å². The third kappa shape index (κ3) is 1.80. The molecule has 0 saturated heterocycles. The Balaban J connectivity index is 1.91. The number of hydrogen-bond donors (Lipinski definition) is 0. The van der Waals surface area contributed by atoms with E-state index < -0.39 is 0 Å². The van der Waals surface area contributed by atoms with Crippen molar-refractivity contribution in [3.8, 4) is 11.3 Å². The minimum atomic E-state index is 0.448. The summed E-state index contributed by atoms with van der Waals surface area (Å²) in [5.74, 6) is 0. The number of hydrogen-bond acceptors (Lipinski definition) is 1. The summed E-state index contributed by atoms with van der Waals surface area (Å²) in [6.45, 7) is 2.48. The van der Waals surface area contributed by atoms with Crippen LogP contribution >= 0.6 is 0 Å². The fraction of sp³-hybridized carbons (Fsp3) is 0.421. The van der Waals surface area contributed by atoms with Crippen LogP contribution in [0.1, 0.15) is 49.3 Å². The lowest BCUT2D eigenvalue weighted by Crippen LogP contribution is -2.32. The van der Waals surface area contributed by atoms with Gasteiger partial charge < -0.3 is 0 Å². The number of benzene rings is 1. The highest BCUT2D eigenvalue weighted by atomic mass is 14.7. The van der Waals surface area contributed by atoms with Crippen LogP contribution in [0.25, 0.3) is 11.3 Å². The molecule has 1 heteroatoms. The third-order valence-corrected chi connectivity index (χ3v) is 5.22. The summed E-state index contributed by atoms with van der Waals surface area (Å²) in [7, 11) is 0. The highest BCUT2D eigenvalue weighted by Crippen LogP contribution is 2.47. The molecule has 102 valence electrons. The van der Waals surface area contributed by atoms with E-state index >= 15 is 0 Å². The molecule has 2 aromatic rings. The molecule has 1 heterocycles. The van der Waals surface area contributed by atoms with Crippen LogP contribution in [0, 0.1) is 0 Å². The van der Waals surface area contributed by atoms with Crippen molar-refractivity contribution in [2.24, 2.45) is 0 Å². The van der Waals surface area contributed by atoms with Gasteiger partial charge in [-0.3, -0.25) is 4.98 Å². The zero-order chi connectivity index (χ0) is 13.6. The highest BCUT2D eigenvalue weighted by molar-refractivity contribution is 5.64. The van der Waals surface area contributed by atoms with Gasteiger partial charge in [0.15, 0.2) is 0 Å². The Morgan fingerprint density at radius 3 is 2.30 bits per heavy atom. The molecule has 0 amide bonds. The van der Waals surface area contributed by atoms with Crippen LogP contribution in [0.5, 0.6) is 0 Å². The first-order chi connectivity index (χ1) is 9.76. The average molecular weight is 263 g/mol. The van der Waals surface area contributed by atoms with Gasteiger partial charge in [0.25, 0.3) is 0 Å². The molecule has 20 heavy (non-hydrogen) atoms. The summed E-state index contributed by atoms with van der Waals surface area (Å²) < 4.78 is 0. The first kappa shape index (κ1) is 12.1. The lowest BCUT2D eigenvalue weighted by atomic mass is 9.63. The number of pyridine rings is 1. The number of aromatic nitrogens is 1. The van der Waals surface area contributed by atoms with Gasteiger partial charge in [-0.15, -0.1) is 0 Å². The van der Waals surface area contributed by atoms with Gasteiger partial charge in [0.05, 0.1) is 5.69 Å². The Labute approximate surface area is 121 Å². The average Bonchev–Trinajstić information content (AvgIpc) is 2.48. The quantitative estimate of drug-likeness (QED) is 0.728. The molecule has 0 aliphatic heterocycles. The van der Waals surface area contributed by atoms with E-state index in [0.29, 0.717) is 5.41 Å². The first-order valence-corrected chi connectivity index (χ1v) is 7.84. The summed E-state index contributed by atoms with van der Waals surface area (Å²) in [4.78, 5) is 4.53. The maximum Gasteiger partial charge on any atom is 0.0702 e. The lowest BCUT2D eigenvalue weighted by Gasteiger charge is -2.41. The van der Waals surface area contributed by atoms with Gasteiger partial charge in [-0.2, -0.15) is 0 Å². The Hall–Kier alpha value is -1.63. The lowest BCUT2D eigenvalue weighted by molar-refractivity contribution is 0.337. The minimum Gasteiger partial charge on any atom is -0.256 e. The Morgan fingerprint density at radius 1 is 1.00 bits per heavy atom. The molecule has 4 rings (SSSR count). The second-order valence-corrected chi connectivity index (χ2v) is 6.65. The van der Waals surface area contributed by atoms with Crippen LogP contribution in [-0.4, -0.2) is 4.98 Å². The third-order valence-electron chi connectivity index (χ3n) is 5.22. The van der Waals surface area contributed by atoms with E-state index in [4.69, 9.17) is 0 Å². The van der Waals surface area contributed by atoms with Crippen molar-refractivity contribution in [1.82, 2.24) is 4.98 Å². The zero-order valence-electron chi connectivity index (χ0n) is 12.2. The molecule has 0 bridgehead atoms. The summed E-state index contributed by atoms with van der Waals surface area (Å²) in [6, 6.07) is 11.0. The van der Waals surface area contributed by atoms with Crippen molar-refractivity contribution < 1.29 is 0 Å². The molecule has 1 nitrogen and oxygen atoms in total. The van der Waals surface area contributed by atoms with E-state index in [-0.39, 0.29) is 0 Å². The van der Waals surface area contributed by atoms with Crippen molar-refractivity contribution in [2.75, 3.05) is 0 Å². The minimum absolute atomic E-state index is 0.448. The van der Waals surface area contributed by atoms with Crippen molar-refractivity contribution >= 4 is 0 Å². The van der Waals surface area contributed by atoms with Crippen LogP contribution in [0.2, 0.25) is 0 Å². The molecule has 1 aromatic heterocycles. The normalized spacial score (nSPS) is 19.4. The first-order valence-electron chi connectivity index (χ1n) is 7.84. The van der Waals surface area contributed by atoms with E-state index in [1.54, 1.807) is 16.7 Å². The molecular formula is C19H21N. The predicted octanol–water partition coefficient (Wildman–Crippen LogP) is 4.68. The molecule has 2 aliphatic carbocycles. The number of rotatable bonds is 1.